The van der Waals surface area contributed by atoms with Gasteiger partial charge in [-0.25, -0.2) is 0 Å². The number of amides is 1. The van der Waals surface area contributed by atoms with Crippen molar-refractivity contribution < 1.29 is 4.79 Å². The Kier molecular flexibility index (Phi) is 5.19. The zero-order valence-corrected chi connectivity index (χ0v) is 11.6. The molecule has 0 saturated heterocycles. The summed E-state index contributed by atoms with van der Waals surface area (Å²) in [6.07, 6.45) is 7.23. The van der Waals surface area contributed by atoms with Crippen molar-refractivity contribution in [2.75, 3.05) is 27.2 Å². The minimum atomic E-state index is 0.129. The van der Waals surface area contributed by atoms with Crippen LogP contribution in [0.1, 0.15) is 33.1 Å². The van der Waals surface area contributed by atoms with E-state index in [-0.39, 0.29) is 17.2 Å². The average molecular weight is 238 g/mol. The Morgan fingerprint density at radius 2 is 2.12 bits per heavy atom. The molecule has 0 fully saturated rings. The van der Waals surface area contributed by atoms with E-state index in [2.05, 4.69) is 50.3 Å². The number of carbonyl (C=O) groups excluding carboxylic acids is 1. The second-order valence-electron chi connectivity index (χ2n) is 6.10. The summed E-state index contributed by atoms with van der Waals surface area (Å²) >= 11 is 0. The number of carbonyl (C=O) groups is 1. The van der Waals surface area contributed by atoms with Crippen LogP contribution in [0.15, 0.2) is 12.2 Å². The molecule has 1 aliphatic rings. The van der Waals surface area contributed by atoms with Gasteiger partial charge in [-0.1, -0.05) is 26.0 Å². The zero-order valence-electron chi connectivity index (χ0n) is 11.6. The summed E-state index contributed by atoms with van der Waals surface area (Å²) in [6, 6.07) is 0. The lowest BCUT2D eigenvalue weighted by Crippen LogP contribution is -2.42. The molecule has 98 valence electrons. The van der Waals surface area contributed by atoms with Crippen molar-refractivity contribution in [3.8, 4) is 0 Å². The summed E-state index contributed by atoms with van der Waals surface area (Å²) in [5.41, 5.74) is 0.129. The molecule has 3 nitrogen and oxygen atoms in total. The summed E-state index contributed by atoms with van der Waals surface area (Å²) in [5, 5.41) is 3.10. The van der Waals surface area contributed by atoms with Gasteiger partial charge in [-0.2, -0.15) is 0 Å². The first-order valence-electron chi connectivity index (χ1n) is 6.48. The molecule has 1 atom stereocenters. The van der Waals surface area contributed by atoms with Crippen molar-refractivity contribution in [2.45, 2.75) is 33.1 Å². The largest absolute Gasteiger partial charge is 0.355 e. The van der Waals surface area contributed by atoms with E-state index in [0.29, 0.717) is 0 Å². The van der Waals surface area contributed by atoms with Crippen LogP contribution < -0.4 is 5.32 Å². The summed E-state index contributed by atoms with van der Waals surface area (Å²) < 4.78 is 0. The monoisotopic (exact) mass is 238 g/mol. The molecule has 0 radical (unpaired) electrons. The molecule has 0 aromatic carbocycles. The quantitative estimate of drug-likeness (QED) is 0.743. The van der Waals surface area contributed by atoms with Gasteiger partial charge in [0.25, 0.3) is 0 Å². The highest BCUT2D eigenvalue weighted by atomic mass is 16.1. The van der Waals surface area contributed by atoms with Crippen molar-refractivity contribution in [2.24, 2.45) is 11.3 Å². The van der Waals surface area contributed by atoms with Crippen LogP contribution in [0.3, 0.4) is 0 Å². The summed E-state index contributed by atoms with van der Waals surface area (Å²) in [6.45, 7) is 6.12. The Labute approximate surface area is 105 Å². The molecule has 0 aliphatic heterocycles. The van der Waals surface area contributed by atoms with Gasteiger partial charge < -0.3 is 10.2 Å². The van der Waals surface area contributed by atoms with Crippen LogP contribution in [0.4, 0.5) is 0 Å². The van der Waals surface area contributed by atoms with E-state index in [1.807, 2.05) is 0 Å². The van der Waals surface area contributed by atoms with Gasteiger partial charge in [0, 0.05) is 19.0 Å². The Morgan fingerprint density at radius 1 is 1.41 bits per heavy atom. The maximum Gasteiger partial charge on any atom is 0.223 e. The van der Waals surface area contributed by atoms with E-state index in [1.165, 1.54) is 0 Å². The van der Waals surface area contributed by atoms with Gasteiger partial charge in [0.15, 0.2) is 0 Å². The minimum absolute atomic E-state index is 0.129. The third-order valence-corrected chi connectivity index (χ3v) is 3.13. The molecule has 0 bridgehead atoms. The molecule has 1 amide bonds. The molecule has 1 unspecified atom stereocenters. The summed E-state index contributed by atoms with van der Waals surface area (Å²) in [4.78, 5) is 14.1. The Balaban J connectivity index is 2.34. The second-order valence-corrected chi connectivity index (χ2v) is 6.10. The molecular formula is C14H26N2O. The number of allylic oxidation sites excluding steroid dienone is 2. The number of nitrogens with one attached hydrogen (secondary N) is 1. The van der Waals surface area contributed by atoms with E-state index in [0.717, 1.165) is 32.4 Å². The molecule has 1 rings (SSSR count). The lowest BCUT2D eigenvalue weighted by atomic mass is 9.91. The maximum atomic E-state index is 12.0. The standard InChI is InChI=1S/C14H26N2O/c1-14(2,11-16(3)4)10-15-13(17)12-8-6-5-7-9-12/h5-6,12H,7-11H2,1-4H3,(H,15,17). The molecule has 0 spiro atoms. The van der Waals surface area contributed by atoms with Crippen molar-refractivity contribution in [3.63, 3.8) is 0 Å². The predicted molar refractivity (Wildman–Crippen MR) is 71.8 cm³/mol. The lowest BCUT2D eigenvalue weighted by molar-refractivity contribution is -0.125. The van der Waals surface area contributed by atoms with Crippen LogP contribution in [0.5, 0.6) is 0 Å². The van der Waals surface area contributed by atoms with Gasteiger partial charge in [0.1, 0.15) is 0 Å². The van der Waals surface area contributed by atoms with Crippen molar-refractivity contribution >= 4 is 5.91 Å². The first kappa shape index (κ1) is 14.2. The maximum absolute atomic E-state index is 12.0. The molecule has 0 saturated carbocycles. The van der Waals surface area contributed by atoms with Gasteiger partial charge in [-0.15, -0.1) is 0 Å². The van der Waals surface area contributed by atoms with E-state index in [1.54, 1.807) is 0 Å². The third-order valence-electron chi connectivity index (χ3n) is 3.13. The van der Waals surface area contributed by atoms with Crippen LogP contribution in [-0.4, -0.2) is 38.0 Å². The number of nitrogens with zero attached hydrogens (tertiary/aromatic N) is 1. The Bertz CT molecular complexity index is 282. The highest BCUT2D eigenvalue weighted by Gasteiger charge is 2.23. The first-order chi connectivity index (χ1) is 7.91. The van der Waals surface area contributed by atoms with Gasteiger partial charge in [0.2, 0.25) is 5.91 Å². The van der Waals surface area contributed by atoms with Gasteiger partial charge in [-0.3, -0.25) is 4.79 Å². The molecule has 0 heterocycles. The topological polar surface area (TPSA) is 32.3 Å². The van der Waals surface area contributed by atoms with E-state index < -0.39 is 0 Å². The average Bonchev–Trinajstić information content (AvgIpc) is 2.25. The smallest absolute Gasteiger partial charge is 0.223 e. The van der Waals surface area contributed by atoms with Crippen molar-refractivity contribution in [1.82, 2.24) is 10.2 Å². The summed E-state index contributed by atoms with van der Waals surface area (Å²) in [5.74, 6) is 0.413. The van der Waals surface area contributed by atoms with Crippen LogP contribution in [0, 0.1) is 11.3 Å². The Morgan fingerprint density at radius 3 is 2.65 bits per heavy atom. The van der Waals surface area contributed by atoms with Gasteiger partial charge in [0.05, 0.1) is 0 Å². The molecular weight excluding hydrogens is 212 g/mol. The fraction of sp³-hybridized carbons (Fsp3) is 0.786. The third kappa shape index (κ3) is 5.35. The molecule has 1 aliphatic carbocycles. The zero-order chi connectivity index (χ0) is 12.9. The SMILES string of the molecule is CN(C)CC(C)(C)CNC(=O)C1CC=CCC1. The van der Waals surface area contributed by atoms with E-state index in [4.69, 9.17) is 0 Å². The highest BCUT2D eigenvalue weighted by molar-refractivity contribution is 5.79. The van der Waals surface area contributed by atoms with Gasteiger partial charge >= 0.3 is 0 Å². The predicted octanol–water partition coefficient (Wildman–Crippen LogP) is 2.05. The van der Waals surface area contributed by atoms with Crippen LogP contribution >= 0.6 is 0 Å². The second kappa shape index (κ2) is 6.20. The molecule has 0 aromatic rings. The fourth-order valence-electron chi connectivity index (χ4n) is 2.41. The Hall–Kier alpha value is -0.830. The van der Waals surface area contributed by atoms with Crippen molar-refractivity contribution in [1.29, 1.82) is 0 Å². The molecule has 1 N–H and O–H groups in total. The normalized spacial score (nSPS) is 20.6. The number of rotatable bonds is 5. The molecule has 0 aromatic heterocycles. The van der Waals surface area contributed by atoms with Crippen LogP contribution in [0.2, 0.25) is 0 Å². The summed E-state index contributed by atoms with van der Waals surface area (Å²) in [7, 11) is 4.13. The number of hydrogen-bond acceptors (Lipinski definition) is 2. The molecule has 3 heteroatoms. The highest BCUT2D eigenvalue weighted by Crippen LogP contribution is 2.19. The van der Waals surface area contributed by atoms with Crippen molar-refractivity contribution in [3.05, 3.63) is 12.2 Å². The van der Waals surface area contributed by atoms with Crippen LogP contribution in [0.25, 0.3) is 0 Å². The number of hydrogen-bond donors (Lipinski definition) is 1. The fourth-order valence-corrected chi connectivity index (χ4v) is 2.41. The first-order valence-corrected chi connectivity index (χ1v) is 6.48. The van der Waals surface area contributed by atoms with Gasteiger partial charge in [-0.05, 0) is 38.8 Å². The van der Waals surface area contributed by atoms with E-state index in [9.17, 15) is 4.79 Å². The molecule has 17 heavy (non-hydrogen) atoms. The lowest BCUT2D eigenvalue weighted by Gasteiger charge is -2.29. The van der Waals surface area contributed by atoms with E-state index >= 15 is 0 Å². The van der Waals surface area contributed by atoms with Crippen LogP contribution in [-0.2, 0) is 4.79 Å². The minimum Gasteiger partial charge on any atom is -0.355 e.